The van der Waals surface area contributed by atoms with Gasteiger partial charge in [0.1, 0.15) is 0 Å². The minimum Gasteiger partial charge on any atom is -0.369 e. The van der Waals surface area contributed by atoms with Crippen molar-refractivity contribution in [1.29, 1.82) is 0 Å². The second-order valence-electron chi connectivity index (χ2n) is 2.20. The standard InChI is InChI=1S/C8H10IN3/c1-11-8(10)12(9)7-5-3-2-4-6-7/h2-6H,1H3,(H2,10,11). The molecule has 0 heterocycles. The van der Waals surface area contributed by atoms with Crippen LogP contribution in [-0.4, -0.2) is 13.0 Å². The van der Waals surface area contributed by atoms with E-state index < -0.39 is 0 Å². The van der Waals surface area contributed by atoms with Crippen LogP contribution in [0.25, 0.3) is 0 Å². The van der Waals surface area contributed by atoms with Crippen LogP contribution < -0.4 is 8.85 Å². The van der Waals surface area contributed by atoms with Crippen LogP contribution in [0.15, 0.2) is 35.3 Å². The summed E-state index contributed by atoms with van der Waals surface area (Å²) in [6, 6.07) is 9.84. The molecule has 0 aliphatic heterocycles. The maximum absolute atomic E-state index is 5.62. The van der Waals surface area contributed by atoms with Crippen molar-refractivity contribution in [3.8, 4) is 0 Å². The third kappa shape index (κ3) is 2.10. The molecule has 0 aromatic heterocycles. The molecule has 0 saturated carbocycles. The van der Waals surface area contributed by atoms with Crippen molar-refractivity contribution in [2.45, 2.75) is 0 Å². The molecule has 0 bridgehead atoms. The van der Waals surface area contributed by atoms with Crippen molar-refractivity contribution in [2.24, 2.45) is 10.7 Å². The van der Waals surface area contributed by atoms with Crippen molar-refractivity contribution in [3.05, 3.63) is 30.3 Å². The van der Waals surface area contributed by atoms with Crippen LogP contribution in [0.4, 0.5) is 5.69 Å². The highest BCUT2D eigenvalue weighted by Gasteiger charge is 2.03. The largest absolute Gasteiger partial charge is 0.369 e. The van der Waals surface area contributed by atoms with E-state index in [4.69, 9.17) is 5.73 Å². The summed E-state index contributed by atoms with van der Waals surface area (Å²) >= 11 is 2.11. The van der Waals surface area contributed by atoms with Gasteiger partial charge in [-0.2, -0.15) is 0 Å². The highest BCUT2D eigenvalue weighted by molar-refractivity contribution is 14.1. The predicted octanol–water partition coefficient (Wildman–Crippen LogP) is 1.79. The topological polar surface area (TPSA) is 41.6 Å². The molecule has 3 nitrogen and oxygen atoms in total. The number of rotatable bonds is 1. The van der Waals surface area contributed by atoms with Crippen LogP contribution in [-0.2, 0) is 0 Å². The molecule has 0 spiro atoms. The minimum atomic E-state index is 0.502. The molecule has 0 amide bonds. The first-order valence-electron chi connectivity index (χ1n) is 3.49. The summed E-state index contributed by atoms with van der Waals surface area (Å²) in [5, 5.41) is 0. The van der Waals surface area contributed by atoms with Crippen LogP contribution in [0.1, 0.15) is 0 Å². The summed E-state index contributed by atoms with van der Waals surface area (Å²) in [6.45, 7) is 0. The molecule has 0 radical (unpaired) electrons. The molecule has 0 aliphatic rings. The third-order valence-corrected chi connectivity index (χ3v) is 2.46. The molecule has 0 atom stereocenters. The summed E-state index contributed by atoms with van der Waals surface area (Å²) in [4.78, 5) is 3.88. The van der Waals surface area contributed by atoms with Gasteiger partial charge in [0.15, 0.2) is 0 Å². The second-order valence-corrected chi connectivity index (χ2v) is 3.16. The average Bonchev–Trinajstić information content (AvgIpc) is 2.17. The zero-order valence-corrected chi connectivity index (χ0v) is 8.89. The average molecular weight is 275 g/mol. The predicted molar refractivity (Wildman–Crippen MR) is 60.5 cm³/mol. The summed E-state index contributed by atoms with van der Waals surface area (Å²) in [5.74, 6) is 0.502. The first-order chi connectivity index (χ1) is 5.75. The summed E-state index contributed by atoms with van der Waals surface area (Å²) in [5.41, 5.74) is 6.65. The Bertz CT molecular complexity index is 271. The van der Waals surface area contributed by atoms with Gasteiger partial charge in [-0.15, -0.1) is 0 Å². The van der Waals surface area contributed by atoms with Crippen molar-refractivity contribution in [1.82, 2.24) is 0 Å². The Hall–Kier alpha value is -0.780. The molecule has 1 rings (SSSR count). The number of para-hydroxylation sites is 1. The van der Waals surface area contributed by atoms with Crippen LogP contribution >= 0.6 is 22.9 Å². The van der Waals surface area contributed by atoms with E-state index in [1.807, 2.05) is 30.3 Å². The second kappa shape index (κ2) is 4.30. The highest BCUT2D eigenvalue weighted by Crippen LogP contribution is 2.16. The number of guanidine groups is 1. The molecule has 1 aromatic rings. The number of anilines is 1. The SMILES string of the molecule is CN=C(N)N(I)c1ccccc1. The van der Waals surface area contributed by atoms with E-state index in [1.165, 1.54) is 0 Å². The normalized spacial score (nSPS) is 11.3. The lowest BCUT2D eigenvalue weighted by atomic mass is 10.3. The Morgan fingerprint density at radius 2 is 2.00 bits per heavy atom. The van der Waals surface area contributed by atoms with Gasteiger partial charge in [-0.25, -0.2) is 0 Å². The monoisotopic (exact) mass is 275 g/mol. The van der Waals surface area contributed by atoms with Crippen molar-refractivity contribution in [2.75, 3.05) is 10.2 Å². The van der Waals surface area contributed by atoms with E-state index in [0.717, 1.165) is 5.69 Å². The van der Waals surface area contributed by atoms with Gasteiger partial charge in [0.05, 0.1) is 28.6 Å². The van der Waals surface area contributed by atoms with Crippen LogP contribution in [0, 0.1) is 0 Å². The Labute approximate surface area is 85.8 Å². The van der Waals surface area contributed by atoms with Gasteiger partial charge in [0.2, 0.25) is 5.96 Å². The lowest BCUT2D eigenvalue weighted by molar-refractivity contribution is 1.35. The van der Waals surface area contributed by atoms with Gasteiger partial charge >= 0.3 is 0 Å². The van der Waals surface area contributed by atoms with Crippen LogP contribution in [0.3, 0.4) is 0 Å². The Kier molecular flexibility index (Phi) is 3.33. The third-order valence-electron chi connectivity index (χ3n) is 1.41. The molecular formula is C8H10IN3. The number of aliphatic imine (C=N–C) groups is 1. The fraction of sp³-hybridized carbons (Fsp3) is 0.125. The number of benzene rings is 1. The zero-order valence-electron chi connectivity index (χ0n) is 6.74. The molecule has 4 heteroatoms. The molecule has 0 fully saturated rings. The number of halogens is 1. The lowest BCUT2D eigenvalue weighted by Gasteiger charge is -2.14. The van der Waals surface area contributed by atoms with Gasteiger partial charge in [-0.1, -0.05) is 18.2 Å². The fourth-order valence-electron chi connectivity index (χ4n) is 0.779. The Morgan fingerprint density at radius 3 is 2.50 bits per heavy atom. The molecule has 2 N–H and O–H groups in total. The van der Waals surface area contributed by atoms with E-state index in [0.29, 0.717) is 5.96 Å². The Morgan fingerprint density at radius 1 is 1.42 bits per heavy atom. The van der Waals surface area contributed by atoms with E-state index >= 15 is 0 Å². The van der Waals surface area contributed by atoms with E-state index in [1.54, 1.807) is 10.2 Å². The smallest absolute Gasteiger partial charge is 0.204 e. The van der Waals surface area contributed by atoms with Crippen molar-refractivity contribution in [3.63, 3.8) is 0 Å². The van der Waals surface area contributed by atoms with Crippen LogP contribution in [0.2, 0.25) is 0 Å². The van der Waals surface area contributed by atoms with E-state index in [9.17, 15) is 0 Å². The molecule has 0 unspecified atom stereocenters. The zero-order chi connectivity index (χ0) is 8.97. The lowest BCUT2D eigenvalue weighted by Crippen LogP contribution is -2.28. The number of nitrogens with two attached hydrogens (primary N) is 1. The van der Waals surface area contributed by atoms with Crippen molar-refractivity contribution >= 4 is 34.5 Å². The first kappa shape index (κ1) is 9.31. The highest BCUT2D eigenvalue weighted by atomic mass is 127. The molecular weight excluding hydrogens is 265 g/mol. The van der Waals surface area contributed by atoms with E-state index in [-0.39, 0.29) is 0 Å². The van der Waals surface area contributed by atoms with Gasteiger partial charge < -0.3 is 5.73 Å². The molecule has 0 saturated heterocycles. The molecule has 12 heavy (non-hydrogen) atoms. The summed E-state index contributed by atoms with van der Waals surface area (Å²) in [7, 11) is 1.67. The number of hydrogen-bond acceptors (Lipinski definition) is 1. The number of hydrogen-bond donors (Lipinski definition) is 1. The van der Waals surface area contributed by atoms with Crippen LogP contribution in [0.5, 0.6) is 0 Å². The maximum Gasteiger partial charge on any atom is 0.204 e. The summed E-state index contributed by atoms with van der Waals surface area (Å²) < 4.78 is 1.80. The minimum absolute atomic E-state index is 0.502. The van der Waals surface area contributed by atoms with E-state index in [2.05, 4.69) is 27.9 Å². The molecule has 1 aromatic carbocycles. The van der Waals surface area contributed by atoms with Gasteiger partial charge in [0.25, 0.3) is 0 Å². The van der Waals surface area contributed by atoms with Gasteiger partial charge in [-0.05, 0) is 12.1 Å². The molecule has 0 aliphatic carbocycles. The van der Waals surface area contributed by atoms with Crippen molar-refractivity contribution < 1.29 is 0 Å². The molecule has 64 valence electrons. The quantitative estimate of drug-likeness (QED) is 0.367. The number of nitrogens with zero attached hydrogens (tertiary/aromatic N) is 2. The van der Waals surface area contributed by atoms with Gasteiger partial charge in [0, 0.05) is 7.05 Å². The maximum atomic E-state index is 5.62. The fourth-order valence-corrected chi connectivity index (χ4v) is 1.32. The Balaban J connectivity index is 2.86. The summed E-state index contributed by atoms with van der Waals surface area (Å²) in [6.07, 6.45) is 0. The first-order valence-corrected chi connectivity index (χ1v) is 4.45. The van der Waals surface area contributed by atoms with Gasteiger partial charge in [-0.3, -0.25) is 8.11 Å².